The number of fused-ring (bicyclic) bond motifs is 8. The van der Waals surface area contributed by atoms with Crippen LogP contribution in [0.1, 0.15) is 0 Å². The van der Waals surface area contributed by atoms with E-state index in [0.29, 0.717) is 5.95 Å². The van der Waals surface area contributed by atoms with Gasteiger partial charge in [0.1, 0.15) is 4.83 Å². The average molecular weight is 669 g/mol. The Kier molecular flexibility index (Phi) is 6.09. The highest BCUT2D eigenvalue weighted by Gasteiger charge is 2.20. The number of thiophene rings is 1. The van der Waals surface area contributed by atoms with Gasteiger partial charge in [0, 0.05) is 38.2 Å². The summed E-state index contributed by atoms with van der Waals surface area (Å²) in [7, 11) is 0. The summed E-state index contributed by atoms with van der Waals surface area (Å²) in [5.41, 5.74) is 10.2. The number of hydrogen-bond donors (Lipinski definition) is 0. The van der Waals surface area contributed by atoms with E-state index in [1.807, 2.05) is 0 Å². The second kappa shape index (κ2) is 11.0. The van der Waals surface area contributed by atoms with E-state index in [1.165, 1.54) is 54.5 Å². The molecule has 0 spiro atoms. The van der Waals surface area contributed by atoms with Gasteiger partial charge >= 0.3 is 0 Å². The molecule has 0 fully saturated rings. The Hall–Kier alpha value is -6.56. The molecule has 4 nitrogen and oxygen atoms in total. The monoisotopic (exact) mass is 668 g/mol. The SMILES string of the molecule is c1ccc(-n2c3ccccc3c3cc(-c4ccc5c(c4)c4ccccc4n5-c4nc(-c5cccc6ccccc56)c5ccsc5n4)ccc32)cc1. The maximum absolute atomic E-state index is 5.36. The molecular weight excluding hydrogens is 641 g/mol. The number of nitrogens with zero attached hydrogens (tertiary/aromatic N) is 4. The predicted molar refractivity (Wildman–Crippen MR) is 214 cm³/mol. The van der Waals surface area contributed by atoms with Crippen LogP contribution in [0.25, 0.3) is 98.6 Å². The van der Waals surface area contributed by atoms with E-state index < -0.39 is 0 Å². The Morgan fingerprint density at radius 2 is 1.00 bits per heavy atom. The number of para-hydroxylation sites is 3. The highest BCUT2D eigenvalue weighted by molar-refractivity contribution is 7.16. The van der Waals surface area contributed by atoms with Gasteiger partial charge in [-0.05, 0) is 81.9 Å². The van der Waals surface area contributed by atoms with E-state index in [0.717, 1.165) is 38.2 Å². The van der Waals surface area contributed by atoms with Crippen molar-refractivity contribution in [2.24, 2.45) is 0 Å². The number of rotatable bonds is 4. The normalized spacial score (nSPS) is 11.9. The molecule has 0 aliphatic carbocycles. The topological polar surface area (TPSA) is 35.6 Å². The van der Waals surface area contributed by atoms with Gasteiger partial charge in [-0.3, -0.25) is 4.57 Å². The molecule has 0 amide bonds. The summed E-state index contributed by atoms with van der Waals surface area (Å²) in [6, 6.07) is 58.8. The largest absolute Gasteiger partial charge is 0.309 e. The molecule has 0 saturated carbocycles. The molecule has 4 heterocycles. The predicted octanol–water partition coefficient (Wildman–Crippen LogP) is 12.4. The fourth-order valence-corrected chi connectivity index (χ4v) is 8.72. The van der Waals surface area contributed by atoms with Crippen LogP contribution in [0.3, 0.4) is 0 Å². The maximum atomic E-state index is 5.36. The molecule has 0 saturated heterocycles. The molecule has 0 aliphatic rings. The summed E-state index contributed by atoms with van der Waals surface area (Å²) in [4.78, 5) is 11.5. The summed E-state index contributed by atoms with van der Waals surface area (Å²) in [6.07, 6.45) is 0. The van der Waals surface area contributed by atoms with E-state index in [1.54, 1.807) is 11.3 Å². The quantitative estimate of drug-likeness (QED) is 0.187. The second-order valence-corrected chi connectivity index (χ2v) is 13.9. The van der Waals surface area contributed by atoms with Crippen molar-refractivity contribution in [3.05, 3.63) is 169 Å². The van der Waals surface area contributed by atoms with Gasteiger partial charge in [-0.15, -0.1) is 11.3 Å². The molecule has 238 valence electrons. The minimum Gasteiger partial charge on any atom is -0.309 e. The molecule has 5 heteroatoms. The molecule has 0 atom stereocenters. The molecule has 11 aromatic rings. The van der Waals surface area contributed by atoms with Crippen LogP contribution in [-0.2, 0) is 0 Å². The highest BCUT2D eigenvalue weighted by atomic mass is 32.1. The third-order valence-electron chi connectivity index (χ3n) is 10.3. The first-order valence-corrected chi connectivity index (χ1v) is 18.0. The zero-order valence-corrected chi connectivity index (χ0v) is 28.2. The van der Waals surface area contributed by atoms with Crippen molar-refractivity contribution in [1.29, 1.82) is 0 Å². The molecule has 51 heavy (non-hydrogen) atoms. The maximum Gasteiger partial charge on any atom is 0.236 e. The molecule has 0 bridgehead atoms. The molecular formula is C46H28N4S. The Bertz CT molecular complexity index is 3140. The van der Waals surface area contributed by atoms with Crippen LogP contribution >= 0.6 is 11.3 Å². The number of benzene rings is 7. The highest BCUT2D eigenvalue weighted by Crippen LogP contribution is 2.40. The van der Waals surface area contributed by atoms with Crippen molar-refractivity contribution >= 4 is 75.9 Å². The van der Waals surface area contributed by atoms with Gasteiger partial charge < -0.3 is 4.57 Å². The third kappa shape index (κ3) is 4.25. The van der Waals surface area contributed by atoms with Crippen LogP contribution in [0.5, 0.6) is 0 Å². The Morgan fingerprint density at radius 3 is 1.75 bits per heavy atom. The van der Waals surface area contributed by atoms with Gasteiger partial charge in [0.05, 0.1) is 27.8 Å². The first-order valence-electron chi connectivity index (χ1n) is 17.2. The van der Waals surface area contributed by atoms with Gasteiger partial charge in [-0.2, -0.15) is 0 Å². The van der Waals surface area contributed by atoms with Gasteiger partial charge in [-0.25, -0.2) is 9.97 Å². The molecule has 0 N–H and O–H groups in total. The second-order valence-electron chi connectivity index (χ2n) is 13.0. The lowest BCUT2D eigenvalue weighted by atomic mass is 10.0. The van der Waals surface area contributed by atoms with Crippen LogP contribution in [0.15, 0.2) is 169 Å². The van der Waals surface area contributed by atoms with Crippen LogP contribution in [0.4, 0.5) is 0 Å². The summed E-state index contributed by atoms with van der Waals surface area (Å²) < 4.78 is 4.60. The lowest BCUT2D eigenvalue weighted by molar-refractivity contribution is 1.02. The van der Waals surface area contributed by atoms with E-state index in [4.69, 9.17) is 9.97 Å². The van der Waals surface area contributed by atoms with Crippen LogP contribution in [0.2, 0.25) is 0 Å². The van der Waals surface area contributed by atoms with E-state index in [-0.39, 0.29) is 0 Å². The Labute approximate surface area is 297 Å². The molecule has 11 rings (SSSR count). The fraction of sp³-hybridized carbons (Fsp3) is 0. The van der Waals surface area contributed by atoms with Gasteiger partial charge in [0.2, 0.25) is 5.95 Å². The summed E-state index contributed by atoms with van der Waals surface area (Å²) in [5.74, 6) is 0.682. The van der Waals surface area contributed by atoms with Crippen molar-refractivity contribution in [2.75, 3.05) is 0 Å². The summed E-state index contributed by atoms with van der Waals surface area (Å²) >= 11 is 1.66. The Morgan fingerprint density at radius 1 is 0.412 bits per heavy atom. The van der Waals surface area contributed by atoms with E-state index >= 15 is 0 Å². The lowest BCUT2D eigenvalue weighted by Crippen LogP contribution is -2.02. The first kappa shape index (κ1) is 28.3. The van der Waals surface area contributed by atoms with Crippen molar-refractivity contribution in [3.8, 4) is 34.0 Å². The molecule has 0 unspecified atom stereocenters. The van der Waals surface area contributed by atoms with Gasteiger partial charge in [-0.1, -0.05) is 109 Å². The van der Waals surface area contributed by atoms with E-state index in [2.05, 4.69) is 178 Å². The summed E-state index contributed by atoms with van der Waals surface area (Å²) in [5, 5.41) is 10.4. The van der Waals surface area contributed by atoms with Gasteiger partial charge in [0.25, 0.3) is 0 Å². The van der Waals surface area contributed by atoms with Crippen LogP contribution in [-0.4, -0.2) is 19.1 Å². The smallest absolute Gasteiger partial charge is 0.236 e. The molecule has 4 aromatic heterocycles. The summed E-state index contributed by atoms with van der Waals surface area (Å²) in [6.45, 7) is 0. The number of aromatic nitrogens is 4. The van der Waals surface area contributed by atoms with Crippen LogP contribution < -0.4 is 0 Å². The molecule has 0 aliphatic heterocycles. The van der Waals surface area contributed by atoms with E-state index in [9.17, 15) is 0 Å². The first-order chi connectivity index (χ1) is 25.3. The molecule has 0 radical (unpaired) electrons. The van der Waals surface area contributed by atoms with Crippen molar-refractivity contribution in [3.63, 3.8) is 0 Å². The zero-order chi connectivity index (χ0) is 33.5. The zero-order valence-electron chi connectivity index (χ0n) is 27.4. The average Bonchev–Trinajstić information content (AvgIpc) is 3.90. The standard InChI is InChI=1S/C46H28N4S/c1-2-13-32(14-3-1)49-40-19-8-6-16-34(40)38-27-30(21-23-42(38)49)31-22-24-43-39(28-31)35-17-7-9-20-41(35)50(43)46-47-44(37-25-26-51-45(37)48-46)36-18-10-12-29-11-4-5-15-33(29)36/h1-28H. The van der Waals surface area contributed by atoms with Crippen molar-refractivity contribution < 1.29 is 0 Å². The lowest BCUT2D eigenvalue weighted by Gasteiger charge is -2.12. The Balaban J connectivity index is 1.12. The third-order valence-corrected chi connectivity index (χ3v) is 11.1. The van der Waals surface area contributed by atoms with Crippen molar-refractivity contribution in [2.45, 2.75) is 0 Å². The van der Waals surface area contributed by atoms with Crippen LogP contribution in [0, 0.1) is 0 Å². The minimum atomic E-state index is 0.682. The van der Waals surface area contributed by atoms with Crippen molar-refractivity contribution in [1.82, 2.24) is 19.1 Å². The minimum absolute atomic E-state index is 0.682. The fourth-order valence-electron chi connectivity index (χ4n) is 7.96. The molecule has 7 aromatic carbocycles. The number of hydrogen-bond acceptors (Lipinski definition) is 3. The van der Waals surface area contributed by atoms with Gasteiger partial charge in [0.15, 0.2) is 0 Å².